The van der Waals surface area contributed by atoms with Gasteiger partial charge in [-0.3, -0.25) is 0 Å². The zero-order valence-electron chi connectivity index (χ0n) is 9.13. The topological polar surface area (TPSA) is 37.3 Å². The lowest BCUT2D eigenvalue weighted by Gasteiger charge is -2.26. The van der Waals surface area contributed by atoms with Crippen LogP contribution in [0.15, 0.2) is 24.3 Å². The molecule has 0 saturated carbocycles. The van der Waals surface area contributed by atoms with Gasteiger partial charge in [0.25, 0.3) is 0 Å². The number of hydrogen-bond acceptors (Lipinski definition) is 3. The van der Waals surface area contributed by atoms with Crippen molar-refractivity contribution in [2.24, 2.45) is 5.92 Å². The SMILES string of the molecule is O=CC(c1cccc(O)c1)C1CCCSC1. The van der Waals surface area contributed by atoms with Crippen molar-refractivity contribution in [3.8, 4) is 5.75 Å². The largest absolute Gasteiger partial charge is 0.508 e. The smallest absolute Gasteiger partial charge is 0.127 e. The Morgan fingerprint density at radius 1 is 1.50 bits per heavy atom. The van der Waals surface area contributed by atoms with Crippen LogP contribution in [0, 0.1) is 5.92 Å². The normalized spacial score (nSPS) is 22.6. The molecule has 0 amide bonds. The number of thioether (sulfide) groups is 1. The number of benzene rings is 1. The second kappa shape index (κ2) is 5.39. The molecule has 1 N–H and O–H groups in total. The summed E-state index contributed by atoms with van der Waals surface area (Å²) in [5, 5.41) is 9.43. The predicted octanol–water partition coefficient (Wildman–Crippen LogP) is 2.82. The molecule has 2 nitrogen and oxygen atoms in total. The van der Waals surface area contributed by atoms with Gasteiger partial charge in [0.2, 0.25) is 0 Å². The molecule has 1 heterocycles. The second-order valence-corrected chi connectivity index (χ2v) is 5.38. The first-order valence-corrected chi connectivity index (χ1v) is 6.78. The number of phenolic OH excluding ortho intramolecular Hbond substituents is 1. The molecule has 0 radical (unpaired) electrons. The Morgan fingerprint density at radius 2 is 2.38 bits per heavy atom. The molecule has 2 atom stereocenters. The molecule has 1 aromatic carbocycles. The molecule has 2 rings (SSSR count). The fraction of sp³-hybridized carbons (Fsp3) is 0.462. The summed E-state index contributed by atoms with van der Waals surface area (Å²) in [6.07, 6.45) is 3.34. The molecule has 86 valence electrons. The lowest BCUT2D eigenvalue weighted by Crippen LogP contribution is -2.20. The van der Waals surface area contributed by atoms with E-state index in [1.54, 1.807) is 18.2 Å². The van der Waals surface area contributed by atoms with Crippen LogP contribution in [-0.4, -0.2) is 22.9 Å². The molecule has 16 heavy (non-hydrogen) atoms. The number of aldehydes is 1. The van der Waals surface area contributed by atoms with Gasteiger partial charge < -0.3 is 9.90 Å². The minimum Gasteiger partial charge on any atom is -0.508 e. The quantitative estimate of drug-likeness (QED) is 0.820. The molecule has 0 aliphatic carbocycles. The first kappa shape index (κ1) is 11.5. The third kappa shape index (κ3) is 2.59. The van der Waals surface area contributed by atoms with Crippen LogP contribution in [0.25, 0.3) is 0 Å². The average molecular weight is 236 g/mol. The molecule has 1 aromatic rings. The molecule has 0 aromatic heterocycles. The average Bonchev–Trinajstić information content (AvgIpc) is 2.31. The van der Waals surface area contributed by atoms with E-state index >= 15 is 0 Å². The standard InChI is InChI=1S/C13H16O2S/c14-8-13(11-4-2-6-16-9-11)10-3-1-5-12(15)7-10/h1,3,5,7-8,11,13,15H,2,4,6,9H2. The predicted molar refractivity (Wildman–Crippen MR) is 67.0 cm³/mol. The molecule has 0 spiro atoms. The Balaban J connectivity index is 2.17. The Bertz CT molecular complexity index is 359. The van der Waals surface area contributed by atoms with Gasteiger partial charge in [0.1, 0.15) is 12.0 Å². The fourth-order valence-electron chi connectivity index (χ4n) is 2.24. The van der Waals surface area contributed by atoms with Crippen LogP contribution in [-0.2, 0) is 4.79 Å². The summed E-state index contributed by atoms with van der Waals surface area (Å²) < 4.78 is 0. The molecule has 1 saturated heterocycles. The van der Waals surface area contributed by atoms with Crippen LogP contribution >= 0.6 is 11.8 Å². The number of aromatic hydroxyl groups is 1. The number of hydrogen-bond donors (Lipinski definition) is 1. The van der Waals surface area contributed by atoms with Gasteiger partial charge >= 0.3 is 0 Å². The van der Waals surface area contributed by atoms with Crippen LogP contribution < -0.4 is 0 Å². The van der Waals surface area contributed by atoms with E-state index in [2.05, 4.69) is 0 Å². The maximum absolute atomic E-state index is 11.2. The van der Waals surface area contributed by atoms with Crippen LogP contribution in [0.1, 0.15) is 24.3 Å². The molecular weight excluding hydrogens is 220 g/mol. The lowest BCUT2D eigenvalue weighted by molar-refractivity contribution is -0.110. The van der Waals surface area contributed by atoms with E-state index in [0.29, 0.717) is 5.92 Å². The molecule has 3 heteroatoms. The molecule has 1 aliphatic heterocycles. The highest BCUT2D eigenvalue weighted by Crippen LogP contribution is 2.34. The number of carbonyl (C=O) groups is 1. The molecule has 0 bridgehead atoms. The van der Waals surface area contributed by atoms with Crippen molar-refractivity contribution < 1.29 is 9.90 Å². The summed E-state index contributed by atoms with van der Waals surface area (Å²) in [5.41, 5.74) is 0.947. The first-order chi connectivity index (χ1) is 7.81. The van der Waals surface area contributed by atoms with Crippen molar-refractivity contribution in [1.29, 1.82) is 0 Å². The van der Waals surface area contributed by atoms with E-state index in [4.69, 9.17) is 0 Å². The van der Waals surface area contributed by atoms with E-state index in [1.165, 1.54) is 12.2 Å². The van der Waals surface area contributed by atoms with Gasteiger partial charge in [-0.2, -0.15) is 11.8 Å². The highest BCUT2D eigenvalue weighted by molar-refractivity contribution is 7.99. The van der Waals surface area contributed by atoms with Crippen LogP contribution in [0.2, 0.25) is 0 Å². The van der Waals surface area contributed by atoms with Crippen LogP contribution in [0.3, 0.4) is 0 Å². The molecule has 1 fully saturated rings. The Kier molecular flexibility index (Phi) is 3.88. The molecule has 2 unspecified atom stereocenters. The van der Waals surface area contributed by atoms with E-state index in [9.17, 15) is 9.90 Å². The maximum Gasteiger partial charge on any atom is 0.127 e. The summed E-state index contributed by atoms with van der Waals surface area (Å²) in [6.45, 7) is 0. The van der Waals surface area contributed by atoms with Crippen molar-refractivity contribution >= 4 is 18.0 Å². The van der Waals surface area contributed by atoms with Gasteiger partial charge in [-0.25, -0.2) is 0 Å². The van der Waals surface area contributed by atoms with Crippen molar-refractivity contribution in [3.63, 3.8) is 0 Å². The summed E-state index contributed by atoms with van der Waals surface area (Å²) in [5.74, 6) is 2.88. The van der Waals surface area contributed by atoms with Gasteiger partial charge in [-0.15, -0.1) is 0 Å². The maximum atomic E-state index is 11.2. The van der Waals surface area contributed by atoms with Gasteiger partial charge in [-0.1, -0.05) is 12.1 Å². The highest BCUT2D eigenvalue weighted by atomic mass is 32.2. The van der Waals surface area contributed by atoms with E-state index < -0.39 is 0 Å². The monoisotopic (exact) mass is 236 g/mol. The van der Waals surface area contributed by atoms with Gasteiger partial charge in [0, 0.05) is 5.92 Å². The zero-order valence-corrected chi connectivity index (χ0v) is 9.95. The summed E-state index contributed by atoms with van der Waals surface area (Å²) in [4.78, 5) is 11.2. The van der Waals surface area contributed by atoms with Crippen molar-refractivity contribution in [2.45, 2.75) is 18.8 Å². The van der Waals surface area contributed by atoms with Crippen molar-refractivity contribution in [3.05, 3.63) is 29.8 Å². The summed E-state index contributed by atoms with van der Waals surface area (Å²) >= 11 is 1.92. The third-order valence-electron chi connectivity index (χ3n) is 3.11. The van der Waals surface area contributed by atoms with Gasteiger partial charge in [0.05, 0.1) is 0 Å². The summed E-state index contributed by atoms with van der Waals surface area (Å²) in [6, 6.07) is 7.08. The first-order valence-electron chi connectivity index (χ1n) is 5.63. The molecular formula is C13H16O2S. The molecule has 1 aliphatic rings. The fourth-order valence-corrected chi connectivity index (χ4v) is 3.46. The second-order valence-electron chi connectivity index (χ2n) is 4.23. The minimum atomic E-state index is -0.0556. The minimum absolute atomic E-state index is 0.0556. The van der Waals surface area contributed by atoms with E-state index in [-0.39, 0.29) is 11.7 Å². The van der Waals surface area contributed by atoms with Gasteiger partial charge in [-0.05, 0) is 48.0 Å². The Hall–Kier alpha value is -0.960. The highest BCUT2D eigenvalue weighted by Gasteiger charge is 2.25. The number of rotatable bonds is 3. The van der Waals surface area contributed by atoms with E-state index in [0.717, 1.165) is 24.0 Å². The number of phenols is 1. The Labute approximate surface area is 100 Å². The van der Waals surface area contributed by atoms with E-state index in [1.807, 2.05) is 17.8 Å². The van der Waals surface area contributed by atoms with Crippen molar-refractivity contribution in [2.75, 3.05) is 11.5 Å². The summed E-state index contributed by atoms with van der Waals surface area (Å²) in [7, 11) is 0. The number of carbonyl (C=O) groups excluding carboxylic acids is 1. The Morgan fingerprint density at radius 3 is 3.00 bits per heavy atom. The lowest BCUT2D eigenvalue weighted by atomic mass is 9.85. The zero-order chi connectivity index (χ0) is 11.4. The van der Waals surface area contributed by atoms with Crippen molar-refractivity contribution in [1.82, 2.24) is 0 Å². The van der Waals surface area contributed by atoms with Crippen LogP contribution in [0.5, 0.6) is 5.75 Å². The third-order valence-corrected chi connectivity index (χ3v) is 4.35. The van der Waals surface area contributed by atoms with Crippen LogP contribution in [0.4, 0.5) is 0 Å². The van der Waals surface area contributed by atoms with Gasteiger partial charge in [0.15, 0.2) is 0 Å².